The second-order valence-corrected chi connectivity index (χ2v) is 2.14. The lowest BCUT2D eigenvalue weighted by molar-refractivity contribution is 0.360. The molecule has 1 heterocycles. The molecule has 4 heteroatoms. The predicted octanol–water partition coefficient (Wildman–Crippen LogP) is 1.58. The van der Waals surface area contributed by atoms with Gasteiger partial charge in [-0.2, -0.15) is 0 Å². The van der Waals surface area contributed by atoms with E-state index < -0.39 is 0 Å². The Kier molecular flexibility index (Phi) is 2.00. The van der Waals surface area contributed by atoms with Crippen LogP contribution in [-0.2, 0) is 6.42 Å². The fraction of sp³-hybridized carbons (Fsp3) is 0.600. The number of hydrogen-bond donors (Lipinski definition) is 0. The van der Waals surface area contributed by atoms with E-state index in [1.54, 1.807) is 0 Å². The van der Waals surface area contributed by atoms with E-state index >= 15 is 0 Å². The van der Waals surface area contributed by atoms with Crippen LogP contribution in [0.25, 0.3) is 0 Å². The van der Waals surface area contributed by atoms with Gasteiger partial charge in [-0.25, -0.2) is 0 Å². The molecule has 0 N–H and O–H groups in total. The summed E-state index contributed by atoms with van der Waals surface area (Å²) in [5.74, 6) is 0.729. The van der Waals surface area contributed by atoms with Crippen molar-refractivity contribution in [1.29, 1.82) is 0 Å². The van der Waals surface area contributed by atoms with Gasteiger partial charge < -0.3 is 4.52 Å². The molecule has 0 unspecified atom stereocenters. The second-order valence-electron chi connectivity index (χ2n) is 1.75. The van der Waals surface area contributed by atoms with Crippen LogP contribution in [0.4, 0.5) is 0 Å². The first kappa shape index (κ1) is 6.48. The fourth-order valence-corrected chi connectivity index (χ4v) is 0.754. The maximum atomic E-state index is 4.78. The molecule has 1 aromatic rings. The minimum Gasteiger partial charge on any atom is -0.341 e. The van der Waals surface area contributed by atoms with Crippen LogP contribution in [0.2, 0.25) is 0 Å². The zero-order valence-electron chi connectivity index (χ0n) is 5.13. The third-order valence-corrected chi connectivity index (χ3v) is 1.31. The van der Waals surface area contributed by atoms with E-state index in [0.717, 1.165) is 18.6 Å². The number of hydrogen-bond acceptors (Lipinski definition) is 3. The van der Waals surface area contributed by atoms with Gasteiger partial charge >= 0.3 is 0 Å². The van der Waals surface area contributed by atoms with E-state index in [2.05, 4.69) is 17.3 Å². The summed E-state index contributed by atoms with van der Waals surface area (Å²) in [5.41, 5.74) is 0. The fourth-order valence-electron chi connectivity index (χ4n) is 0.581. The highest BCUT2D eigenvalue weighted by atomic mass is 32.1. The van der Waals surface area contributed by atoms with Crippen LogP contribution in [0, 0.1) is 0 Å². The van der Waals surface area contributed by atoms with Crippen molar-refractivity contribution in [2.45, 2.75) is 24.8 Å². The molecule has 0 aliphatic heterocycles. The molecule has 1 aromatic heterocycles. The van der Waals surface area contributed by atoms with E-state index in [-0.39, 0.29) is 0 Å². The van der Waals surface area contributed by atoms with Gasteiger partial charge in [0.2, 0.25) is 0 Å². The van der Waals surface area contributed by atoms with E-state index in [1.165, 1.54) is 0 Å². The average Bonchev–Trinajstić information content (AvgIpc) is 2.18. The summed E-state index contributed by atoms with van der Waals surface area (Å²) < 4.78 is 4.74. The molecule has 0 saturated heterocycles. The lowest BCUT2D eigenvalue weighted by Gasteiger charge is -1.85. The first-order valence-corrected chi connectivity index (χ1v) is 3.23. The van der Waals surface area contributed by atoms with Gasteiger partial charge in [-0.3, -0.25) is 0 Å². The second kappa shape index (κ2) is 2.77. The number of rotatable bonds is 2. The van der Waals surface area contributed by atoms with E-state index in [9.17, 15) is 0 Å². The lowest BCUT2D eigenvalue weighted by atomic mass is 10.3. The van der Waals surface area contributed by atoms with E-state index in [1.807, 2.05) is 0 Å². The average molecular weight is 143 g/mol. The van der Waals surface area contributed by atoms with Crippen LogP contribution >= 0.6 is 12.6 Å². The molecule has 1 rings (SSSR count). The van der Waals surface area contributed by atoms with Crippen molar-refractivity contribution in [3.05, 3.63) is 5.76 Å². The molecule has 0 fully saturated rings. The van der Waals surface area contributed by atoms with Crippen LogP contribution in [-0.4, -0.2) is 10.4 Å². The first-order valence-electron chi connectivity index (χ1n) is 2.83. The molecule has 0 amide bonds. The van der Waals surface area contributed by atoms with Gasteiger partial charge in [0.1, 0.15) is 0 Å². The Bertz CT molecular complexity index is 187. The van der Waals surface area contributed by atoms with Crippen LogP contribution in [0.15, 0.2) is 9.55 Å². The van der Waals surface area contributed by atoms with Gasteiger partial charge in [-0.15, -0.1) is 0 Å². The summed E-state index contributed by atoms with van der Waals surface area (Å²) in [6, 6.07) is 0. The Hall–Kier alpha value is -0.640. The molecule has 0 aliphatic carbocycles. The van der Waals surface area contributed by atoms with Crippen molar-refractivity contribution in [2.75, 3.05) is 0 Å². The highest BCUT2D eigenvalue weighted by Crippen LogP contribution is 2.09. The van der Waals surface area contributed by atoms with Crippen LogP contribution in [0.1, 0.15) is 19.1 Å². The highest BCUT2D eigenvalue weighted by molar-refractivity contribution is 7.80. The minimum atomic E-state index is 0.497. The molecule has 0 spiro atoms. The molecule has 0 bridgehead atoms. The normalized spacial score (nSPS) is 9.89. The topological polar surface area (TPSA) is 38.9 Å². The van der Waals surface area contributed by atoms with Crippen LogP contribution < -0.4 is 0 Å². The van der Waals surface area contributed by atoms with Gasteiger partial charge in [-0.1, -0.05) is 24.7 Å². The summed E-state index contributed by atoms with van der Waals surface area (Å²) >= 11 is 4.78. The maximum Gasteiger partial charge on any atom is 0.193 e. The van der Waals surface area contributed by atoms with Crippen molar-refractivity contribution in [2.24, 2.45) is 0 Å². The summed E-state index contributed by atoms with van der Waals surface area (Å²) in [5, 5.41) is 7.34. The van der Waals surface area contributed by atoms with Gasteiger partial charge in [0, 0.05) is 11.7 Å². The molecule has 0 saturated carbocycles. The van der Waals surface area contributed by atoms with Gasteiger partial charge in [0.25, 0.3) is 0 Å². The summed E-state index contributed by atoms with van der Waals surface area (Å²) in [6.07, 6.45) is 1.85. The Morgan fingerprint density at radius 3 is 2.89 bits per heavy atom. The summed E-state index contributed by atoms with van der Waals surface area (Å²) in [7, 11) is 0. The predicted molar refractivity (Wildman–Crippen MR) is 34.2 cm³/mol. The van der Waals surface area contributed by atoms with Crippen molar-refractivity contribution < 1.29 is 4.52 Å². The quantitative estimate of drug-likeness (QED) is 0.631. The monoisotopic (exact) mass is 143 g/mol. The zero-order chi connectivity index (χ0) is 6.69. The third kappa shape index (κ3) is 1.38. The van der Waals surface area contributed by atoms with Crippen molar-refractivity contribution in [3.63, 3.8) is 0 Å². The SMILES string of the molecule is CCCc1onnc1[S]. The van der Waals surface area contributed by atoms with Crippen molar-refractivity contribution in [1.82, 2.24) is 10.4 Å². The van der Waals surface area contributed by atoms with E-state index in [0.29, 0.717) is 5.03 Å². The first-order chi connectivity index (χ1) is 4.34. The molecule has 0 aromatic carbocycles. The molecular formula is C5H7N2OS. The lowest BCUT2D eigenvalue weighted by Crippen LogP contribution is -1.78. The Balaban J connectivity index is 2.69. The zero-order valence-corrected chi connectivity index (χ0v) is 5.94. The Morgan fingerprint density at radius 1 is 1.67 bits per heavy atom. The van der Waals surface area contributed by atoms with Gasteiger partial charge in [-0.05, 0) is 6.42 Å². The largest absolute Gasteiger partial charge is 0.341 e. The van der Waals surface area contributed by atoms with Gasteiger partial charge in [0.15, 0.2) is 10.8 Å². The van der Waals surface area contributed by atoms with Crippen molar-refractivity contribution >= 4 is 12.6 Å². The molecule has 0 aliphatic rings. The maximum absolute atomic E-state index is 4.78. The number of aryl methyl sites for hydroxylation is 1. The summed E-state index contributed by atoms with van der Waals surface area (Å²) in [4.78, 5) is 0. The smallest absolute Gasteiger partial charge is 0.193 e. The molecule has 9 heavy (non-hydrogen) atoms. The van der Waals surface area contributed by atoms with Crippen LogP contribution in [0.3, 0.4) is 0 Å². The van der Waals surface area contributed by atoms with Crippen molar-refractivity contribution in [3.8, 4) is 0 Å². The summed E-state index contributed by atoms with van der Waals surface area (Å²) in [6.45, 7) is 2.05. The number of nitrogens with zero attached hydrogens (tertiary/aromatic N) is 2. The standard InChI is InChI=1S/C5H7N2OS/c1-2-3-4-5(9)6-7-8-4/h2-3H2,1H3. The number of aromatic nitrogens is 2. The molecule has 3 nitrogen and oxygen atoms in total. The Morgan fingerprint density at radius 2 is 2.44 bits per heavy atom. The minimum absolute atomic E-state index is 0.497. The van der Waals surface area contributed by atoms with Gasteiger partial charge in [0.05, 0.1) is 0 Å². The molecule has 49 valence electrons. The van der Waals surface area contributed by atoms with Crippen LogP contribution in [0.5, 0.6) is 0 Å². The highest BCUT2D eigenvalue weighted by Gasteiger charge is 2.03. The molecular weight excluding hydrogens is 136 g/mol. The Labute approximate surface area is 58.8 Å². The molecule has 1 radical (unpaired) electrons. The third-order valence-electron chi connectivity index (χ3n) is 0.998. The van der Waals surface area contributed by atoms with E-state index in [4.69, 9.17) is 17.2 Å². The molecule has 0 atom stereocenters.